The number of rotatable bonds is 8. The predicted molar refractivity (Wildman–Crippen MR) is 133 cm³/mol. The Kier molecular flexibility index (Phi) is 9.00. The highest BCUT2D eigenvalue weighted by Gasteiger charge is 2.44. The van der Waals surface area contributed by atoms with Crippen LogP contribution in [-0.2, 0) is 27.5 Å². The summed E-state index contributed by atoms with van der Waals surface area (Å²) in [5.41, 5.74) is 0.262. The van der Waals surface area contributed by atoms with Gasteiger partial charge in [-0.15, -0.1) is 0 Å². The van der Waals surface area contributed by atoms with Gasteiger partial charge >= 0.3 is 12.4 Å². The first kappa shape index (κ1) is 30.1. The standard InChI is InChI=1S/C26H29F6N3O4S/c27-25(28,29)18-5-4-6-19(14-18)40(37,38)34-23(26(30,31)32)15-24(36)33-21-9-12-39-22-13-17(7-8-20(21)22)16-35-10-2-1-3-11-35/h4-8,13-14,21,23,34H,1-3,9-12,15-16H2,(H,33,36)/t21-,23-/m1/s1. The Morgan fingerprint density at radius 3 is 2.42 bits per heavy atom. The van der Waals surface area contributed by atoms with E-state index in [0.717, 1.165) is 50.2 Å². The molecule has 2 atom stereocenters. The first-order chi connectivity index (χ1) is 18.7. The molecule has 2 aromatic carbocycles. The lowest BCUT2D eigenvalue weighted by atomic mass is 9.98. The van der Waals surface area contributed by atoms with Crippen LogP contribution in [0.15, 0.2) is 47.4 Å². The third kappa shape index (κ3) is 7.67. The molecule has 0 radical (unpaired) electrons. The molecule has 220 valence electrons. The minimum Gasteiger partial charge on any atom is -0.493 e. The lowest BCUT2D eigenvalue weighted by molar-refractivity contribution is -0.158. The van der Waals surface area contributed by atoms with Gasteiger partial charge in [0.25, 0.3) is 0 Å². The van der Waals surface area contributed by atoms with Crippen LogP contribution < -0.4 is 14.8 Å². The zero-order valence-corrected chi connectivity index (χ0v) is 22.1. The number of likely N-dealkylation sites (tertiary alicyclic amines) is 1. The Hall–Kier alpha value is -2.84. The van der Waals surface area contributed by atoms with Crippen LogP contribution in [0.3, 0.4) is 0 Å². The summed E-state index contributed by atoms with van der Waals surface area (Å²) < 4.78 is 112. The van der Waals surface area contributed by atoms with Gasteiger partial charge in [0, 0.05) is 18.5 Å². The van der Waals surface area contributed by atoms with E-state index in [1.54, 1.807) is 6.07 Å². The fraction of sp³-hybridized carbons (Fsp3) is 0.500. The number of sulfonamides is 1. The van der Waals surface area contributed by atoms with Crippen molar-refractivity contribution >= 4 is 15.9 Å². The number of amides is 1. The van der Waals surface area contributed by atoms with Crippen molar-refractivity contribution in [3.8, 4) is 5.75 Å². The van der Waals surface area contributed by atoms with Gasteiger partial charge in [-0.05, 0) is 55.8 Å². The van der Waals surface area contributed by atoms with Gasteiger partial charge in [0.15, 0.2) is 0 Å². The highest BCUT2D eigenvalue weighted by atomic mass is 32.2. The number of carbonyl (C=O) groups is 1. The zero-order valence-electron chi connectivity index (χ0n) is 21.3. The molecule has 0 aliphatic carbocycles. The number of nitrogens with one attached hydrogen (secondary N) is 2. The Bertz CT molecular complexity index is 1310. The van der Waals surface area contributed by atoms with E-state index in [1.807, 2.05) is 12.1 Å². The van der Waals surface area contributed by atoms with Crippen molar-refractivity contribution in [2.45, 2.75) is 68.0 Å². The van der Waals surface area contributed by atoms with Crippen LogP contribution in [0.5, 0.6) is 5.75 Å². The molecule has 0 aromatic heterocycles. The molecule has 14 heteroatoms. The average molecular weight is 594 g/mol. The van der Waals surface area contributed by atoms with Crippen LogP contribution in [0.4, 0.5) is 26.3 Å². The minimum atomic E-state index is -5.19. The average Bonchev–Trinajstić information content (AvgIpc) is 2.88. The normalized spacial score (nSPS) is 19.4. The second-order valence-corrected chi connectivity index (χ2v) is 11.6. The van der Waals surface area contributed by atoms with Crippen LogP contribution in [0.1, 0.15) is 54.8 Å². The van der Waals surface area contributed by atoms with E-state index in [9.17, 15) is 39.6 Å². The fourth-order valence-corrected chi connectivity index (χ4v) is 6.08. The van der Waals surface area contributed by atoms with Gasteiger partial charge in [0.05, 0.1) is 29.5 Å². The number of benzene rings is 2. The van der Waals surface area contributed by atoms with Crippen LogP contribution in [0.2, 0.25) is 0 Å². The molecule has 0 bridgehead atoms. The Morgan fingerprint density at radius 1 is 1.02 bits per heavy atom. The molecule has 7 nitrogen and oxygen atoms in total. The van der Waals surface area contributed by atoms with E-state index in [0.29, 0.717) is 17.4 Å². The molecule has 2 aromatic rings. The molecular formula is C26H29F6N3O4S. The third-order valence-electron chi connectivity index (χ3n) is 6.86. The SMILES string of the molecule is O=C(C[C@@H](NS(=O)(=O)c1cccc(C(F)(F)F)c1)C(F)(F)F)N[C@@H]1CCOc2cc(CN3CCCCC3)ccc21. The highest BCUT2D eigenvalue weighted by molar-refractivity contribution is 7.89. The van der Waals surface area contributed by atoms with Gasteiger partial charge in [-0.25, -0.2) is 8.42 Å². The molecule has 2 aliphatic heterocycles. The van der Waals surface area contributed by atoms with Crippen molar-refractivity contribution in [2.24, 2.45) is 0 Å². The van der Waals surface area contributed by atoms with E-state index >= 15 is 0 Å². The number of carbonyl (C=O) groups excluding carboxylic acids is 1. The summed E-state index contributed by atoms with van der Waals surface area (Å²) in [6.45, 7) is 2.94. The van der Waals surface area contributed by atoms with Crippen LogP contribution in [0, 0.1) is 0 Å². The van der Waals surface area contributed by atoms with Crippen molar-refractivity contribution < 1.29 is 44.3 Å². The second kappa shape index (κ2) is 12.0. The van der Waals surface area contributed by atoms with Crippen LogP contribution in [0.25, 0.3) is 0 Å². The second-order valence-electron chi connectivity index (χ2n) is 9.91. The van der Waals surface area contributed by atoms with Crippen LogP contribution in [-0.4, -0.2) is 51.1 Å². The molecule has 1 fully saturated rings. The molecule has 2 aliphatic rings. The summed E-state index contributed by atoms with van der Waals surface area (Å²) in [7, 11) is -5.04. The van der Waals surface area contributed by atoms with Crippen molar-refractivity contribution in [2.75, 3.05) is 19.7 Å². The number of ether oxygens (including phenoxy) is 1. The Morgan fingerprint density at radius 2 is 1.75 bits per heavy atom. The minimum absolute atomic E-state index is 0.218. The molecule has 4 rings (SSSR count). The topological polar surface area (TPSA) is 87.7 Å². The van der Waals surface area contributed by atoms with Gasteiger partial charge in [0.1, 0.15) is 11.8 Å². The number of piperidine rings is 1. The number of fused-ring (bicyclic) bond motifs is 1. The van der Waals surface area contributed by atoms with Gasteiger partial charge < -0.3 is 10.1 Å². The van der Waals surface area contributed by atoms with Gasteiger partial charge in [-0.3, -0.25) is 9.69 Å². The first-order valence-electron chi connectivity index (χ1n) is 12.8. The Balaban J connectivity index is 1.44. The van der Waals surface area contributed by atoms with Gasteiger partial charge in [0.2, 0.25) is 15.9 Å². The number of hydrogen-bond donors (Lipinski definition) is 2. The zero-order chi connectivity index (χ0) is 29.1. The number of alkyl halides is 6. The highest BCUT2D eigenvalue weighted by Crippen LogP contribution is 2.34. The van der Waals surface area contributed by atoms with E-state index in [2.05, 4.69) is 10.2 Å². The fourth-order valence-electron chi connectivity index (χ4n) is 4.82. The summed E-state index contributed by atoms with van der Waals surface area (Å²) in [6.07, 6.45) is -7.65. The molecule has 40 heavy (non-hydrogen) atoms. The van der Waals surface area contributed by atoms with E-state index in [1.165, 1.54) is 11.1 Å². The van der Waals surface area contributed by atoms with Gasteiger partial charge in [-0.2, -0.15) is 31.1 Å². The van der Waals surface area contributed by atoms with Crippen molar-refractivity contribution in [3.05, 3.63) is 59.2 Å². The smallest absolute Gasteiger partial charge is 0.416 e. The predicted octanol–water partition coefficient (Wildman–Crippen LogP) is 4.93. The maximum atomic E-state index is 13.7. The quantitative estimate of drug-likeness (QED) is 0.424. The van der Waals surface area contributed by atoms with E-state index < -0.39 is 57.2 Å². The van der Waals surface area contributed by atoms with E-state index in [-0.39, 0.29) is 19.1 Å². The molecule has 1 saturated heterocycles. The summed E-state index contributed by atoms with van der Waals surface area (Å²) >= 11 is 0. The number of nitrogens with zero attached hydrogens (tertiary/aromatic N) is 1. The van der Waals surface area contributed by atoms with Crippen molar-refractivity contribution in [3.63, 3.8) is 0 Å². The monoisotopic (exact) mass is 593 g/mol. The summed E-state index contributed by atoms with van der Waals surface area (Å²) in [6, 6.07) is 4.30. The summed E-state index contributed by atoms with van der Waals surface area (Å²) in [5, 5.41) is 2.52. The molecule has 0 spiro atoms. The lowest BCUT2D eigenvalue weighted by Gasteiger charge is -2.30. The maximum Gasteiger partial charge on any atom is 0.416 e. The largest absolute Gasteiger partial charge is 0.493 e. The Labute approximate surface area is 227 Å². The number of halogens is 6. The molecule has 1 amide bonds. The molecule has 2 N–H and O–H groups in total. The third-order valence-corrected chi connectivity index (χ3v) is 8.33. The number of hydrogen-bond acceptors (Lipinski definition) is 5. The molecule has 0 unspecified atom stereocenters. The first-order valence-corrected chi connectivity index (χ1v) is 14.2. The molecule has 0 saturated carbocycles. The molecular weight excluding hydrogens is 564 g/mol. The van der Waals surface area contributed by atoms with Crippen LogP contribution >= 0.6 is 0 Å². The summed E-state index contributed by atoms with van der Waals surface area (Å²) in [5.74, 6) is -0.562. The van der Waals surface area contributed by atoms with Crippen molar-refractivity contribution in [1.82, 2.24) is 14.9 Å². The summed E-state index contributed by atoms with van der Waals surface area (Å²) in [4.78, 5) is 14.0. The molecule has 2 heterocycles. The van der Waals surface area contributed by atoms with Gasteiger partial charge in [-0.1, -0.05) is 24.6 Å². The lowest BCUT2D eigenvalue weighted by Crippen LogP contribution is -2.48. The van der Waals surface area contributed by atoms with E-state index in [4.69, 9.17) is 4.74 Å². The maximum absolute atomic E-state index is 13.7. The van der Waals surface area contributed by atoms with Crippen molar-refractivity contribution in [1.29, 1.82) is 0 Å².